The number of nitrogens with one attached hydrogen (secondary N) is 1. The third-order valence-corrected chi connectivity index (χ3v) is 4.20. The van der Waals surface area contributed by atoms with E-state index < -0.39 is 0 Å². The maximum Gasteiger partial charge on any atom is 0.222 e. The van der Waals surface area contributed by atoms with E-state index in [0.717, 1.165) is 43.4 Å². The molecule has 1 amide bonds. The topological polar surface area (TPSA) is 32.3 Å². The standard InChI is InChI=1S/C12H17ClN2OS/c13-11-5-4-10(17-11)2-1-3-12(16)15-8-6-14-7-9-15/h4-5,14H,1-3,6-9H2. The molecule has 2 rings (SSSR count). The molecule has 17 heavy (non-hydrogen) atoms. The molecule has 1 aliphatic rings. The molecule has 0 atom stereocenters. The van der Waals surface area contributed by atoms with Crippen LogP contribution in [0.15, 0.2) is 12.1 Å². The number of carbonyl (C=O) groups is 1. The minimum Gasteiger partial charge on any atom is -0.340 e. The Hall–Kier alpha value is -0.580. The van der Waals surface area contributed by atoms with E-state index in [1.165, 1.54) is 4.88 Å². The van der Waals surface area contributed by atoms with Crippen molar-refractivity contribution < 1.29 is 4.79 Å². The van der Waals surface area contributed by atoms with Gasteiger partial charge in [-0.05, 0) is 25.0 Å². The van der Waals surface area contributed by atoms with Crippen LogP contribution in [0.4, 0.5) is 0 Å². The van der Waals surface area contributed by atoms with Gasteiger partial charge in [0.1, 0.15) is 0 Å². The van der Waals surface area contributed by atoms with Crippen LogP contribution in [-0.2, 0) is 11.2 Å². The molecule has 5 heteroatoms. The maximum atomic E-state index is 11.9. The summed E-state index contributed by atoms with van der Waals surface area (Å²) in [6, 6.07) is 3.96. The number of carbonyl (C=O) groups excluding carboxylic acids is 1. The van der Waals surface area contributed by atoms with Crippen molar-refractivity contribution >= 4 is 28.8 Å². The highest BCUT2D eigenvalue weighted by molar-refractivity contribution is 7.16. The van der Waals surface area contributed by atoms with E-state index in [-0.39, 0.29) is 5.91 Å². The predicted molar refractivity (Wildman–Crippen MR) is 71.7 cm³/mol. The first-order valence-electron chi connectivity index (χ1n) is 5.98. The first kappa shape index (κ1) is 12.9. The molecule has 3 nitrogen and oxygen atoms in total. The summed E-state index contributed by atoms with van der Waals surface area (Å²) in [7, 11) is 0. The molecule has 0 aromatic carbocycles. The van der Waals surface area contributed by atoms with Crippen LogP contribution in [0.5, 0.6) is 0 Å². The molecule has 0 aliphatic carbocycles. The van der Waals surface area contributed by atoms with Gasteiger partial charge >= 0.3 is 0 Å². The van der Waals surface area contributed by atoms with E-state index >= 15 is 0 Å². The molecule has 1 aromatic rings. The molecular weight excluding hydrogens is 256 g/mol. The lowest BCUT2D eigenvalue weighted by Crippen LogP contribution is -2.46. The summed E-state index contributed by atoms with van der Waals surface area (Å²) in [6.45, 7) is 3.55. The lowest BCUT2D eigenvalue weighted by Gasteiger charge is -2.27. The molecule has 0 spiro atoms. The molecule has 94 valence electrons. The van der Waals surface area contributed by atoms with E-state index in [9.17, 15) is 4.79 Å². The second-order valence-corrected chi connectivity index (χ2v) is 5.99. The minimum absolute atomic E-state index is 0.286. The number of aryl methyl sites for hydroxylation is 1. The predicted octanol–water partition coefficient (Wildman–Crippen LogP) is 2.16. The maximum absolute atomic E-state index is 11.9. The second-order valence-electron chi connectivity index (χ2n) is 4.19. The van der Waals surface area contributed by atoms with Crippen molar-refractivity contribution in [2.75, 3.05) is 26.2 Å². The fourth-order valence-electron chi connectivity index (χ4n) is 1.97. The fourth-order valence-corrected chi connectivity index (χ4v) is 3.10. The molecule has 1 aliphatic heterocycles. The molecule has 2 heterocycles. The normalized spacial score (nSPS) is 16.2. The zero-order valence-corrected chi connectivity index (χ0v) is 11.3. The Labute approximate surface area is 111 Å². The number of halogens is 1. The molecule has 0 bridgehead atoms. The van der Waals surface area contributed by atoms with Crippen LogP contribution in [0.25, 0.3) is 0 Å². The summed E-state index contributed by atoms with van der Waals surface area (Å²) in [5.41, 5.74) is 0. The van der Waals surface area contributed by atoms with Gasteiger partial charge in [0.05, 0.1) is 4.34 Å². The van der Waals surface area contributed by atoms with Crippen LogP contribution in [0.1, 0.15) is 17.7 Å². The van der Waals surface area contributed by atoms with Crippen LogP contribution < -0.4 is 5.32 Å². The molecule has 0 saturated carbocycles. The van der Waals surface area contributed by atoms with Crippen molar-refractivity contribution in [3.05, 3.63) is 21.3 Å². The Morgan fingerprint density at radius 3 is 2.82 bits per heavy atom. The SMILES string of the molecule is O=C(CCCc1ccc(Cl)s1)N1CCNCC1. The number of nitrogens with zero attached hydrogens (tertiary/aromatic N) is 1. The van der Waals surface area contributed by atoms with E-state index in [0.29, 0.717) is 6.42 Å². The Morgan fingerprint density at radius 2 is 2.18 bits per heavy atom. The van der Waals surface area contributed by atoms with Gasteiger partial charge in [-0.1, -0.05) is 11.6 Å². The van der Waals surface area contributed by atoms with Crippen molar-refractivity contribution in [2.45, 2.75) is 19.3 Å². The van der Waals surface area contributed by atoms with Crippen molar-refractivity contribution in [3.63, 3.8) is 0 Å². The van der Waals surface area contributed by atoms with Crippen LogP contribution >= 0.6 is 22.9 Å². The van der Waals surface area contributed by atoms with E-state index in [2.05, 4.69) is 5.32 Å². The summed E-state index contributed by atoms with van der Waals surface area (Å²) < 4.78 is 0.827. The molecule has 1 fully saturated rings. The van der Waals surface area contributed by atoms with E-state index in [1.807, 2.05) is 17.0 Å². The third kappa shape index (κ3) is 3.98. The highest BCUT2D eigenvalue weighted by atomic mass is 35.5. The number of thiophene rings is 1. The summed E-state index contributed by atoms with van der Waals surface area (Å²) in [5, 5.41) is 3.25. The van der Waals surface area contributed by atoms with Gasteiger partial charge in [0.2, 0.25) is 5.91 Å². The highest BCUT2D eigenvalue weighted by Gasteiger charge is 2.15. The summed E-state index contributed by atoms with van der Waals surface area (Å²) in [5.74, 6) is 0.286. The van der Waals surface area contributed by atoms with Crippen molar-refractivity contribution in [3.8, 4) is 0 Å². The van der Waals surface area contributed by atoms with Gasteiger partial charge in [-0.3, -0.25) is 4.79 Å². The minimum atomic E-state index is 0.286. The van der Waals surface area contributed by atoms with Crippen LogP contribution in [-0.4, -0.2) is 37.0 Å². The van der Waals surface area contributed by atoms with Crippen LogP contribution in [0, 0.1) is 0 Å². The fraction of sp³-hybridized carbons (Fsp3) is 0.583. The highest BCUT2D eigenvalue weighted by Crippen LogP contribution is 2.22. The van der Waals surface area contributed by atoms with Crippen molar-refractivity contribution in [1.82, 2.24) is 10.2 Å². The number of hydrogen-bond donors (Lipinski definition) is 1. The quantitative estimate of drug-likeness (QED) is 0.911. The van der Waals surface area contributed by atoms with E-state index in [1.54, 1.807) is 11.3 Å². The van der Waals surface area contributed by atoms with Gasteiger partial charge in [0, 0.05) is 37.5 Å². The van der Waals surface area contributed by atoms with Gasteiger partial charge in [0.25, 0.3) is 0 Å². The first-order chi connectivity index (χ1) is 8.25. The molecule has 1 N–H and O–H groups in total. The van der Waals surface area contributed by atoms with Gasteiger partial charge in [-0.25, -0.2) is 0 Å². The van der Waals surface area contributed by atoms with E-state index in [4.69, 9.17) is 11.6 Å². The summed E-state index contributed by atoms with van der Waals surface area (Å²) in [6.07, 6.45) is 2.52. The monoisotopic (exact) mass is 272 g/mol. The first-order valence-corrected chi connectivity index (χ1v) is 7.18. The third-order valence-electron chi connectivity index (χ3n) is 2.91. The van der Waals surface area contributed by atoms with Gasteiger partial charge in [-0.2, -0.15) is 0 Å². The number of piperazine rings is 1. The molecule has 1 saturated heterocycles. The largest absolute Gasteiger partial charge is 0.340 e. The molecular formula is C12H17ClN2OS. The van der Waals surface area contributed by atoms with Gasteiger partial charge in [-0.15, -0.1) is 11.3 Å². The Kier molecular flexibility index (Phi) is 4.83. The number of amides is 1. The van der Waals surface area contributed by atoms with Crippen molar-refractivity contribution in [2.24, 2.45) is 0 Å². The average Bonchev–Trinajstić information content (AvgIpc) is 2.76. The van der Waals surface area contributed by atoms with Crippen molar-refractivity contribution in [1.29, 1.82) is 0 Å². The molecule has 0 radical (unpaired) electrons. The Balaban J connectivity index is 1.69. The molecule has 0 unspecified atom stereocenters. The van der Waals surface area contributed by atoms with Gasteiger partial charge < -0.3 is 10.2 Å². The average molecular weight is 273 g/mol. The Bertz CT molecular complexity index is 374. The van der Waals surface area contributed by atoms with Crippen LogP contribution in [0.3, 0.4) is 0 Å². The lowest BCUT2D eigenvalue weighted by atomic mass is 10.2. The second kappa shape index (κ2) is 6.38. The lowest BCUT2D eigenvalue weighted by molar-refractivity contribution is -0.131. The summed E-state index contributed by atoms with van der Waals surface area (Å²) in [4.78, 5) is 15.1. The zero-order valence-electron chi connectivity index (χ0n) is 9.75. The Morgan fingerprint density at radius 1 is 1.41 bits per heavy atom. The zero-order chi connectivity index (χ0) is 12.1. The number of hydrogen-bond acceptors (Lipinski definition) is 3. The van der Waals surface area contributed by atoms with Gasteiger partial charge in [0.15, 0.2) is 0 Å². The smallest absolute Gasteiger partial charge is 0.222 e. The summed E-state index contributed by atoms with van der Waals surface area (Å²) >= 11 is 7.47. The van der Waals surface area contributed by atoms with Crippen LogP contribution in [0.2, 0.25) is 4.34 Å². The number of rotatable bonds is 4. The molecule has 1 aromatic heterocycles.